The summed E-state index contributed by atoms with van der Waals surface area (Å²) in [5.41, 5.74) is 14.6. The molecule has 10 aromatic carbocycles. The molecule has 0 radical (unpaired) electrons. The molecular formula is C56H37NO. The summed E-state index contributed by atoms with van der Waals surface area (Å²) in [7, 11) is 0. The highest BCUT2D eigenvalue weighted by atomic mass is 16.3. The molecule has 1 heterocycles. The quantitative estimate of drug-likeness (QED) is 0.151. The van der Waals surface area contributed by atoms with Crippen LogP contribution < -0.4 is 4.90 Å². The van der Waals surface area contributed by atoms with Crippen LogP contribution in [0.25, 0.3) is 88.0 Å². The molecule has 0 N–H and O–H groups in total. The molecule has 0 saturated carbocycles. The summed E-state index contributed by atoms with van der Waals surface area (Å²) in [4.78, 5) is 2.33. The largest absolute Gasteiger partial charge is 0.456 e. The normalized spacial score (nSPS) is 11.4. The number of para-hydroxylation sites is 2. The summed E-state index contributed by atoms with van der Waals surface area (Å²) in [6.07, 6.45) is 0. The Morgan fingerprint density at radius 2 is 0.793 bits per heavy atom. The monoisotopic (exact) mass is 739 g/mol. The molecule has 1 aromatic heterocycles. The Morgan fingerprint density at radius 3 is 1.55 bits per heavy atom. The van der Waals surface area contributed by atoms with Gasteiger partial charge in [0.1, 0.15) is 11.2 Å². The molecule has 58 heavy (non-hydrogen) atoms. The predicted octanol–water partition coefficient (Wildman–Crippen LogP) is 16.0. The Kier molecular flexibility index (Phi) is 8.19. The lowest BCUT2D eigenvalue weighted by molar-refractivity contribution is 0.669. The van der Waals surface area contributed by atoms with Crippen LogP contribution in [0.5, 0.6) is 0 Å². The van der Waals surface area contributed by atoms with E-state index in [1.807, 2.05) is 12.1 Å². The first-order valence-electron chi connectivity index (χ1n) is 19.8. The van der Waals surface area contributed by atoms with Crippen LogP contribution in [0, 0.1) is 0 Å². The van der Waals surface area contributed by atoms with Gasteiger partial charge in [0.2, 0.25) is 0 Å². The van der Waals surface area contributed by atoms with Gasteiger partial charge in [0.25, 0.3) is 0 Å². The van der Waals surface area contributed by atoms with Crippen molar-refractivity contribution in [3.8, 4) is 44.5 Å². The minimum Gasteiger partial charge on any atom is -0.456 e. The number of hydrogen-bond donors (Lipinski definition) is 0. The first-order valence-corrected chi connectivity index (χ1v) is 19.8. The van der Waals surface area contributed by atoms with Crippen LogP contribution in [0.1, 0.15) is 0 Å². The van der Waals surface area contributed by atoms with Gasteiger partial charge in [-0.1, -0.05) is 158 Å². The molecule has 0 fully saturated rings. The number of nitrogens with zero attached hydrogens (tertiary/aromatic N) is 1. The molecule has 0 unspecified atom stereocenters. The molecular weight excluding hydrogens is 703 g/mol. The zero-order valence-corrected chi connectivity index (χ0v) is 31.7. The number of anilines is 3. The topological polar surface area (TPSA) is 16.4 Å². The summed E-state index contributed by atoms with van der Waals surface area (Å²) in [5, 5.41) is 7.33. The molecule has 2 heteroatoms. The van der Waals surface area contributed by atoms with Crippen LogP contribution in [0.4, 0.5) is 17.1 Å². The van der Waals surface area contributed by atoms with Gasteiger partial charge < -0.3 is 9.32 Å². The van der Waals surface area contributed by atoms with E-state index in [1.54, 1.807) is 0 Å². The minimum atomic E-state index is 0.901. The van der Waals surface area contributed by atoms with E-state index in [1.165, 1.54) is 49.4 Å². The highest BCUT2D eigenvalue weighted by molar-refractivity contribution is 6.14. The first-order chi connectivity index (χ1) is 28.7. The van der Waals surface area contributed by atoms with Crippen molar-refractivity contribution in [1.82, 2.24) is 0 Å². The van der Waals surface area contributed by atoms with E-state index >= 15 is 0 Å². The molecule has 0 amide bonds. The second kappa shape index (κ2) is 14.1. The Labute approximate surface area is 337 Å². The van der Waals surface area contributed by atoms with Crippen LogP contribution in [0.3, 0.4) is 0 Å². The molecule has 0 aliphatic rings. The van der Waals surface area contributed by atoms with E-state index in [0.717, 1.165) is 55.7 Å². The third-order valence-electron chi connectivity index (χ3n) is 11.5. The van der Waals surface area contributed by atoms with Gasteiger partial charge in [-0.3, -0.25) is 0 Å². The molecule has 0 spiro atoms. The van der Waals surface area contributed by atoms with Gasteiger partial charge in [-0.15, -0.1) is 0 Å². The van der Waals surface area contributed by atoms with Crippen molar-refractivity contribution >= 4 is 60.5 Å². The maximum Gasteiger partial charge on any atom is 0.135 e. The second-order valence-electron chi connectivity index (χ2n) is 14.9. The highest BCUT2D eigenvalue weighted by Crippen LogP contribution is 2.42. The molecule has 0 atom stereocenters. The van der Waals surface area contributed by atoms with Crippen LogP contribution in [0.15, 0.2) is 229 Å². The van der Waals surface area contributed by atoms with E-state index < -0.39 is 0 Å². The Morgan fingerprint density at radius 1 is 0.259 bits per heavy atom. The second-order valence-corrected chi connectivity index (χ2v) is 14.9. The van der Waals surface area contributed by atoms with Crippen LogP contribution >= 0.6 is 0 Å². The zero-order chi connectivity index (χ0) is 38.4. The lowest BCUT2D eigenvalue weighted by atomic mass is 9.90. The minimum absolute atomic E-state index is 0.901. The maximum atomic E-state index is 6.20. The summed E-state index contributed by atoms with van der Waals surface area (Å²) in [6, 6.07) is 80.7. The van der Waals surface area contributed by atoms with Crippen molar-refractivity contribution in [3.05, 3.63) is 224 Å². The Hall–Kier alpha value is -7.68. The molecule has 2 nitrogen and oxygen atoms in total. The molecule has 11 rings (SSSR count). The van der Waals surface area contributed by atoms with Crippen molar-refractivity contribution in [2.75, 3.05) is 4.90 Å². The molecule has 0 aliphatic carbocycles. The number of furan rings is 1. The van der Waals surface area contributed by atoms with Crippen molar-refractivity contribution in [2.45, 2.75) is 0 Å². The molecule has 0 aliphatic heterocycles. The van der Waals surface area contributed by atoms with Gasteiger partial charge in [-0.25, -0.2) is 0 Å². The zero-order valence-electron chi connectivity index (χ0n) is 31.7. The van der Waals surface area contributed by atoms with Crippen molar-refractivity contribution in [2.24, 2.45) is 0 Å². The highest BCUT2D eigenvalue weighted by Gasteiger charge is 2.16. The average Bonchev–Trinajstić information content (AvgIpc) is 3.68. The van der Waals surface area contributed by atoms with Crippen LogP contribution in [0.2, 0.25) is 0 Å². The fraction of sp³-hybridized carbons (Fsp3) is 0. The summed E-state index contributed by atoms with van der Waals surface area (Å²) < 4.78 is 6.20. The number of fused-ring (bicyclic) bond motifs is 6. The van der Waals surface area contributed by atoms with Crippen molar-refractivity contribution in [3.63, 3.8) is 0 Å². The lowest BCUT2D eigenvalue weighted by Crippen LogP contribution is -2.09. The van der Waals surface area contributed by atoms with Crippen molar-refractivity contribution < 1.29 is 4.42 Å². The van der Waals surface area contributed by atoms with Gasteiger partial charge in [0.15, 0.2) is 0 Å². The summed E-state index contributed by atoms with van der Waals surface area (Å²) in [5.74, 6) is 0. The summed E-state index contributed by atoms with van der Waals surface area (Å²) in [6.45, 7) is 0. The van der Waals surface area contributed by atoms with Gasteiger partial charge >= 0.3 is 0 Å². The predicted molar refractivity (Wildman–Crippen MR) is 245 cm³/mol. The maximum absolute atomic E-state index is 6.20. The van der Waals surface area contributed by atoms with E-state index in [4.69, 9.17) is 4.42 Å². The first kappa shape index (κ1) is 33.6. The Balaban J connectivity index is 0.975. The van der Waals surface area contributed by atoms with Crippen LogP contribution in [-0.4, -0.2) is 0 Å². The Bertz CT molecular complexity index is 3250. The average molecular weight is 740 g/mol. The van der Waals surface area contributed by atoms with Gasteiger partial charge in [-0.05, 0) is 133 Å². The fourth-order valence-electron chi connectivity index (χ4n) is 8.64. The van der Waals surface area contributed by atoms with E-state index in [-0.39, 0.29) is 0 Å². The molecule has 0 saturated heterocycles. The van der Waals surface area contributed by atoms with Gasteiger partial charge in [0.05, 0.1) is 0 Å². The number of benzene rings is 10. The summed E-state index contributed by atoms with van der Waals surface area (Å²) >= 11 is 0. The van der Waals surface area contributed by atoms with E-state index in [0.29, 0.717) is 0 Å². The van der Waals surface area contributed by atoms with E-state index in [9.17, 15) is 0 Å². The van der Waals surface area contributed by atoms with Crippen LogP contribution in [-0.2, 0) is 0 Å². The molecule has 272 valence electrons. The lowest BCUT2D eigenvalue weighted by Gasteiger charge is -2.26. The SMILES string of the molecule is c1ccc(-c2ccc(-c3ccc(N(c4ccccc4)c4ccc(-c5cc6ccccc6c6ccccc56)cc4)cc3)cc2-c2ccc3oc4ccccc4c3c2)cc1. The molecule has 0 bridgehead atoms. The molecule has 11 aromatic rings. The van der Waals surface area contributed by atoms with E-state index in [2.05, 4.69) is 217 Å². The smallest absolute Gasteiger partial charge is 0.135 e. The number of hydrogen-bond acceptors (Lipinski definition) is 2. The van der Waals surface area contributed by atoms with Gasteiger partial charge in [0, 0.05) is 27.8 Å². The number of rotatable bonds is 7. The third-order valence-corrected chi connectivity index (χ3v) is 11.5. The standard InChI is InChI=1S/C56H37NO/c1-3-13-39(14-4-1)48-33-27-41(35-53(48)43-28-34-56-54(37-43)51-21-11-12-22-55(51)58-56)38-23-29-45(30-24-38)57(44-16-5-2-6-17-44)46-31-25-40(26-32-46)52-36-42-15-7-8-18-47(42)49-19-9-10-20-50(49)52/h1-37H. The van der Waals surface area contributed by atoms with Gasteiger partial charge in [-0.2, -0.15) is 0 Å². The third kappa shape index (κ3) is 5.91. The fourth-order valence-corrected chi connectivity index (χ4v) is 8.64. The van der Waals surface area contributed by atoms with Crippen molar-refractivity contribution in [1.29, 1.82) is 0 Å².